The maximum Gasteiger partial charge on any atom is 0.230 e. The van der Waals surface area contributed by atoms with Crippen LogP contribution in [-0.2, 0) is 18.3 Å². The summed E-state index contributed by atoms with van der Waals surface area (Å²) in [6, 6.07) is 10.2. The molecule has 1 amide bonds. The van der Waals surface area contributed by atoms with E-state index < -0.39 is 0 Å². The topological polar surface area (TPSA) is 73.0 Å². The first-order valence-electron chi connectivity index (χ1n) is 8.94. The van der Waals surface area contributed by atoms with Crippen molar-refractivity contribution >= 4 is 17.7 Å². The average molecular weight is 385 g/mol. The molecule has 0 unspecified atom stereocenters. The second-order valence-electron chi connectivity index (χ2n) is 6.43. The van der Waals surface area contributed by atoms with Crippen molar-refractivity contribution < 1.29 is 9.21 Å². The van der Waals surface area contributed by atoms with Crippen molar-refractivity contribution in [1.29, 1.82) is 0 Å². The Balaban J connectivity index is 1.57. The minimum atomic E-state index is -0.0346. The fourth-order valence-electron chi connectivity index (χ4n) is 2.83. The third-order valence-corrected chi connectivity index (χ3v) is 5.55. The molecule has 27 heavy (non-hydrogen) atoms. The van der Waals surface area contributed by atoms with Crippen LogP contribution in [0, 0.1) is 6.92 Å². The molecule has 0 radical (unpaired) electrons. The van der Waals surface area contributed by atoms with Gasteiger partial charge in [-0.1, -0.05) is 43.0 Å². The number of furan rings is 1. The quantitative estimate of drug-likeness (QED) is 0.625. The Hall–Kier alpha value is -2.54. The summed E-state index contributed by atoms with van der Waals surface area (Å²) in [6.07, 6.45) is 2.64. The first kappa shape index (κ1) is 19.2. The Labute approximate surface area is 163 Å². The van der Waals surface area contributed by atoms with Crippen LogP contribution < -0.4 is 5.32 Å². The molecule has 0 bridgehead atoms. The van der Waals surface area contributed by atoms with E-state index in [-0.39, 0.29) is 17.7 Å². The van der Waals surface area contributed by atoms with Crippen LogP contribution in [0.15, 0.2) is 46.2 Å². The van der Waals surface area contributed by atoms with Gasteiger partial charge in [-0.25, -0.2) is 0 Å². The third-order valence-electron chi connectivity index (χ3n) is 4.53. The van der Waals surface area contributed by atoms with E-state index in [1.807, 2.05) is 31.5 Å². The molecule has 0 saturated carbocycles. The molecule has 1 N–H and O–H groups in total. The largest absolute Gasteiger partial charge is 0.469 e. The molecule has 2 heterocycles. The molecule has 3 rings (SSSR count). The van der Waals surface area contributed by atoms with Crippen LogP contribution in [0.1, 0.15) is 36.8 Å². The maximum atomic E-state index is 12.3. The standard InChI is InChI=1S/C20H24N4O2S/c1-5-15-6-8-16(9-7-15)13(2)21-18(25)12-27-20-23-22-19(24(20)4)17-10-11-26-14(17)3/h6-11,13H,5,12H2,1-4H3,(H,21,25)/t13-/m0/s1. The number of nitrogens with zero attached hydrogens (tertiary/aromatic N) is 3. The zero-order chi connectivity index (χ0) is 19.4. The SMILES string of the molecule is CCc1ccc([C@H](C)NC(=O)CSc2nnc(-c3ccoc3C)n2C)cc1. The highest BCUT2D eigenvalue weighted by Gasteiger charge is 2.16. The summed E-state index contributed by atoms with van der Waals surface area (Å²) >= 11 is 1.37. The summed E-state index contributed by atoms with van der Waals surface area (Å²) in [5.74, 6) is 1.78. The van der Waals surface area contributed by atoms with Crippen LogP contribution in [0.2, 0.25) is 0 Å². The monoisotopic (exact) mass is 384 g/mol. The molecule has 0 aliphatic carbocycles. The van der Waals surface area contributed by atoms with E-state index in [2.05, 4.69) is 46.7 Å². The number of amides is 1. The number of rotatable bonds is 7. The number of hydrogen-bond acceptors (Lipinski definition) is 5. The predicted molar refractivity (Wildman–Crippen MR) is 107 cm³/mol. The summed E-state index contributed by atoms with van der Waals surface area (Å²) in [5.41, 5.74) is 3.30. The average Bonchev–Trinajstić information content (AvgIpc) is 3.25. The second kappa shape index (κ2) is 8.43. The zero-order valence-corrected chi connectivity index (χ0v) is 16.8. The first-order valence-corrected chi connectivity index (χ1v) is 9.93. The minimum absolute atomic E-state index is 0.0314. The lowest BCUT2D eigenvalue weighted by atomic mass is 10.1. The predicted octanol–water partition coefficient (Wildman–Crippen LogP) is 3.92. The fourth-order valence-corrected chi connectivity index (χ4v) is 3.55. The summed E-state index contributed by atoms with van der Waals surface area (Å²) in [4.78, 5) is 12.3. The summed E-state index contributed by atoms with van der Waals surface area (Å²) in [5, 5.41) is 12.1. The molecule has 3 aromatic rings. The smallest absolute Gasteiger partial charge is 0.230 e. The van der Waals surface area contributed by atoms with Crippen molar-refractivity contribution in [1.82, 2.24) is 20.1 Å². The van der Waals surface area contributed by atoms with Gasteiger partial charge in [0, 0.05) is 7.05 Å². The Morgan fingerprint density at radius 3 is 2.63 bits per heavy atom. The van der Waals surface area contributed by atoms with Crippen LogP contribution in [0.5, 0.6) is 0 Å². The summed E-state index contributed by atoms with van der Waals surface area (Å²) < 4.78 is 7.21. The second-order valence-corrected chi connectivity index (χ2v) is 7.37. The first-order chi connectivity index (χ1) is 13.0. The van der Waals surface area contributed by atoms with Gasteiger partial charge in [0.25, 0.3) is 0 Å². The van der Waals surface area contributed by atoms with Crippen LogP contribution in [-0.4, -0.2) is 26.4 Å². The molecular weight excluding hydrogens is 360 g/mol. The molecule has 0 fully saturated rings. The van der Waals surface area contributed by atoms with Crippen molar-refractivity contribution in [3.05, 3.63) is 53.5 Å². The van der Waals surface area contributed by atoms with Gasteiger partial charge in [0.1, 0.15) is 5.76 Å². The van der Waals surface area contributed by atoms with E-state index in [1.165, 1.54) is 17.3 Å². The lowest BCUT2D eigenvalue weighted by Gasteiger charge is -2.14. The third kappa shape index (κ3) is 4.42. The Kier molecular flexibility index (Phi) is 6.01. The molecular formula is C20H24N4O2S. The van der Waals surface area contributed by atoms with Gasteiger partial charge in [-0.05, 0) is 37.5 Å². The molecule has 1 atom stereocenters. The number of hydrogen-bond donors (Lipinski definition) is 1. The number of carbonyl (C=O) groups excluding carboxylic acids is 1. The number of nitrogens with one attached hydrogen (secondary N) is 1. The van der Waals surface area contributed by atoms with Gasteiger partial charge in [-0.2, -0.15) is 0 Å². The van der Waals surface area contributed by atoms with Gasteiger partial charge in [0.05, 0.1) is 23.6 Å². The van der Waals surface area contributed by atoms with Crippen LogP contribution in [0.25, 0.3) is 11.4 Å². The Bertz CT molecular complexity index is 914. The van der Waals surface area contributed by atoms with Gasteiger partial charge in [-0.15, -0.1) is 10.2 Å². The molecule has 7 heteroatoms. The minimum Gasteiger partial charge on any atom is -0.469 e. The fraction of sp³-hybridized carbons (Fsp3) is 0.350. The van der Waals surface area contributed by atoms with Crippen molar-refractivity contribution in [2.75, 3.05) is 5.75 Å². The van der Waals surface area contributed by atoms with Gasteiger partial charge in [-0.3, -0.25) is 4.79 Å². The molecule has 0 aliphatic rings. The molecule has 1 aromatic carbocycles. The number of carbonyl (C=O) groups is 1. The molecule has 0 aliphatic heterocycles. The van der Waals surface area contributed by atoms with E-state index >= 15 is 0 Å². The van der Waals surface area contributed by atoms with Crippen molar-refractivity contribution in [2.24, 2.45) is 7.05 Å². The Morgan fingerprint density at radius 1 is 1.26 bits per heavy atom. The lowest BCUT2D eigenvalue weighted by molar-refractivity contribution is -0.119. The van der Waals surface area contributed by atoms with Gasteiger partial charge < -0.3 is 14.3 Å². The number of benzene rings is 1. The van der Waals surface area contributed by atoms with Gasteiger partial charge >= 0.3 is 0 Å². The van der Waals surface area contributed by atoms with Crippen molar-refractivity contribution in [3.8, 4) is 11.4 Å². The molecule has 6 nitrogen and oxygen atoms in total. The number of thioether (sulfide) groups is 1. The molecule has 0 spiro atoms. The summed E-state index contributed by atoms with van der Waals surface area (Å²) in [6.45, 7) is 6.01. The molecule has 2 aromatic heterocycles. The highest BCUT2D eigenvalue weighted by molar-refractivity contribution is 7.99. The van der Waals surface area contributed by atoms with Crippen LogP contribution in [0.4, 0.5) is 0 Å². The van der Waals surface area contributed by atoms with E-state index in [0.29, 0.717) is 5.16 Å². The highest BCUT2D eigenvalue weighted by atomic mass is 32.2. The number of aryl methyl sites for hydroxylation is 2. The molecule has 142 valence electrons. The van der Waals surface area contributed by atoms with Crippen molar-refractivity contribution in [2.45, 2.75) is 38.4 Å². The lowest BCUT2D eigenvalue weighted by Crippen LogP contribution is -2.28. The zero-order valence-electron chi connectivity index (χ0n) is 16.0. The van der Waals surface area contributed by atoms with Gasteiger partial charge in [0.2, 0.25) is 5.91 Å². The summed E-state index contributed by atoms with van der Waals surface area (Å²) in [7, 11) is 1.89. The number of aromatic nitrogens is 3. The Morgan fingerprint density at radius 2 is 2.00 bits per heavy atom. The van der Waals surface area contributed by atoms with E-state index in [1.54, 1.807) is 6.26 Å². The van der Waals surface area contributed by atoms with Crippen molar-refractivity contribution in [3.63, 3.8) is 0 Å². The van der Waals surface area contributed by atoms with E-state index in [9.17, 15) is 4.79 Å². The molecule has 0 saturated heterocycles. The maximum absolute atomic E-state index is 12.3. The van der Waals surface area contributed by atoms with Crippen LogP contribution >= 0.6 is 11.8 Å². The van der Waals surface area contributed by atoms with Crippen LogP contribution in [0.3, 0.4) is 0 Å². The normalized spacial score (nSPS) is 12.1. The van der Waals surface area contributed by atoms with Gasteiger partial charge in [0.15, 0.2) is 11.0 Å². The van der Waals surface area contributed by atoms with E-state index in [4.69, 9.17) is 4.42 Å². The van der Waals surface area contributed by atoms with E-state index in [0.717, 1.165) is 29.1 Å². The highest BCUT2D eigenvalue weighted by Crippen LogP contribution is 2.25.